The van der Waals surface area contributed by atoms with Crippen LogP contribution in [-0.2, 0) is 11.3 Å². The van der Waals surface area contributed by atoms with E-state index in [4.69, 9.17) is 5.11 Å². The molecule has 0 aliphatic heterocycles. The SMILES string of the molecule is Cc1ccc(Br)cc1CN(C)C1CC(C(=O)O)C1. The Morgan fingerprint density at radius 1 is 1.50 bits per heavy atom. The van der Waals surface area contributed by atoms with Gasteiger partial charge >= 0.3 is 5.97 Å². The minimum absolute atomic E-state index is 0.138. The molecule has 0 atom stereocenters. The Morgan fingerprint density at radius 3 is 2.78 bits per heavy atom. The van der Waals surface area contributed by atoms with E-state index in [1.54, 1.807) is 0 Å². The molecule has 0 radical (unpaired) electrons. The van der Waals surface area contributed by atoms with Gasteiger partial charge in [-0.05, 0) is 50.1 Å². The van der Waals surface area contributed by atoms with Gasteiger partial charge in [0, 0.05) is 17.1 Å². The molecule has 1 aliphatic carbocycles. The second-order valence-corrected chi connectivity index (χ2v) is 6.06. The average Bonchev–Trinajstić information content (AvgIpc) is 2.20. The quantitative estimate of drug-likeness (QED) is 0.929. The minimum atomic E-state index is -0.654. The van der Waals surface area contributed by atoms with Crippen LogP contribution in [0.4, 0.5) is 0 Å². The molecular formula is C14H18BrNO2. The van der Waals surface area contributed by atoms with Gasteiger partial charge in [-0.2, -0.15) is 0 Å². The lowest BCUT2D eigenvalue weighted by Gasteiger charge is -2.39. The maximum absolute atomic E-state index is 10.8. The number of aliphatic carboxylic acids is 1. The third-order valence-corrected chi connectivity index (χ3v) is 4.31. The number of carbonyl (C=O) groups is 1. The molecule has 0 spiro atoms. The first-order chi connectivity index (χ1) is 8.47. The lowest BCUT2D eigenvalue weighted by molar-refractivity contribution is -0.146. The van der Waals surface area contributed by atoms with Crippen LogP contribution in [0.1, 0.15) is 24.0 Å². The van der Waals surface area contributed by atoms with E-state index in [9.17, 15) is 4.79 Å². The van der Waals surface area contributed by atoms with Crippen LogP contribution in [-0.4, -0.2) is 29.1 Å². The predicted molar refractivity (Wildman–Crippen MR) is 74.5 cm³/mol. The summed E-state index contributed by atoms with van der Waals surface area (Å²) in [6.45, 7) is 2.98. The summed E-state index contributed by atoms with van der Waals surface area (Å²) in [4.78, 5) is 13.0. The Kier molecular flexibility index (Phi) is 4.07. The van der Waals surface area contributed by atoms with Gasteiger partial charge < -0.3 is 5.11 Å². The molecule has 1 aliphatic rings. The van der Waals surface area contributed by atoms with E-state index in [-0.39, 0.29) is 5.92 Å². The highest BCUT2D eigenvalue weighted by Crippen LogP contribution is 2.32. The van der Waals surface area contributed by atoms with E-state index in [0.717, 1.165) is 23.9 Å². The second kappa shape index (κ2) is 5.41. The van der Waals surface area contributed by atoms with Gasteiger partial charge in [0.2, 0.25) is 0 Å². The van der Waals surface area contributed by atoms with E-state index in [2.05, 4.69) is 46.9 Å². The first-order valence-electron chi connectivity index (χ1n) is 6.15. The van der Waals surface area contributed by atoms with Gasteiger partial charge in [0.05, 0.1) is 5.92 Å². The molecule has 98 valence electrons. The molecular weight excluding hydrogens is 294 g/mol. The van der Waals surface area contributed by atoms with Crippen molar-refractivity contribution < 1.29 is 9.90 Å². The van der Waals surface area contributed by atoms with E-state index < -0.39 is 5.97 Å². The molecule has 2 rings (SSSR count). The standard InChI is InChI=1S/C14H18BrNO2/c1-9-3-4-12(15)5-11(9)8-16(2)13-6-10(7-13)14(17)18/h3-5,10,13H,6-8H2,1-2H3,(H,17,18). The van der Waals surface area contributed by atoms with Crippen LogP contribution in [0.5, 0.6) is 0 Å². The third-order valence-electron chi connectivity index (χ3n) is 3.82. The average molecular weight is 312 g/mol. The number of halogens is 1. The normalized spacial score (nSPS) is 22.9. The van der Waals surface area contributed by atoms with Crippen molar-refractivity contribution in [3.63, 3.8) is 0 Å². The van der Waals surface area contributed by atoms with E-state index in [0.29, 0.717) is 6.04 Å². The van der Waals surface area contributed by atoms with Gasteiger partial charge in [-0.25, -0.2) is 0 Å². The minimum Gasteiger partial charge on any atom is -0.481 e. The highest BCUT2D eigenvalue weighted by molar-refractivity contribution is 9.10. The lowest BCUT2D eigenvalue weighted by atomic mass is 9.79. The Labute approximate surface area is 116 Å². The molecule has 0 heterocycles. The fraction of sp³-hybridized carbons (Fsp3) is 0.500. The molecule has 0 unspecified atom stereocenters. The highest BCUT2D eigenvalue weighted by atomic mass is 79.9. The molecule has 1 fully saturated rings. The van der Waals surface area contributed by atoms with Crippen molar-refractivity contribution in [1.82, 2.24) is 4.90 Å². The van der Waals surface area contributed by atoms with Crippen molar-refractivity contribution in [1.29, 1.82) is 0 Å². The molecule has 3 nitrogen and oxygen atoms in total. The number of nitrogens with zero attached hydrogens (tertiary/aromatic N) is 1. The number of benzene rings is 1. The first kappa shape index (κ1) is 13.6. The van der Waals surface area contributed by atoms with Crippen molar-refractivity contribution in [2.75, 3.05) is 7.05 Å². The molecule has 0 aromatic heterocycles. The number of carboxylic acid groups (broad SMARTS) is 1. The largest absolute Gasteiger partial charge is 0.481 e. The summed E-state index contributed by atoms with van der Waals surface area (Å²) in [5.41, 5.74) is 2.57. The molecule has 0 bridgehead atoms. The smallest absolute Gasteiger partial charge is 0.306 e. The fourth-order valence-corrected chi connectivity index (χ4v) is 2.77. The summed E-state index contributed by atoms with van der Waals surface area (Å²) in [7, 11) is 2.07. The van der Waals surface area contributed by atoms with E-state index in [1.165, 1.54) is 11.1 Å². The summed E-state index contributed by atoms with van der Waals surface area (Å²) < 4.78 is 1.09. The van der Waals surface area contributed by atoms with Crippen molar-refractivity contribution in [3.05, 3.63) is 33.8 Å². The van der Waals surface area contributed by atoms with Crippen molar-refractivity contribution in [2.24, 2.45) is 5.92 Å². The molecule has 18 heavy (non-hydrogen) atoms. The fourth-order valence-electron chi connectivity index (χ4n) is 2.36. The maximum atomic E-state index is 10.8. The van der Waals surface area contributed by atoms with Gasteiger partial charge in [-0.1, -0.05) is 22.0 Å². The van der Waals surface area contributed by atoms with Gasteiger partial charge in [-0.3, -0.25) is 9.69 Å². The zero-order valence-corrected chi connectivity index (χ0v) is 12.3. The number of carboxylic acids is 1. The summed E-state index contributed by atoms with van der Waals surface area (Å²) in [6, 6.07) is 6.69. The summed E-state index contributed by atoms with van der Waals surface area (Å²) in [5, 5.41) is 8.88. The van der Waals surface area contributed by atoms with Crippen molar-refractivity contribution in [3.8, 4) is 0 Å². The van der Waals surface area contributed by atoms with E-state index >= 15 is 0 Å². The number of hydrogen-bond donors (Lipinski definition) is 1. The molecule has 1 aromatic rings. The Bertz CT molecular complexity index is 455. The molecule has 1 aromatic carbocycles. The number of rotatable bonds is 4. The van der Waals surface area contributed by atoms with Gasteiger partial charge in [-0.15, -0.1) is 0 Å². The van der Waals surface area contributed by atoms with Crippen LogP contribution in [0.2, 0.25) is 0 Å². The summed E-state index contributed by atoms with van der Waals surface area (Å²) in [6.07, 6.45) is 1.55. The number of aryl methyl sites for hydroxylation is 1. The molecule has 1 saturated carbocycles. The van der Waals surface area contributed by atoms with Gasteiger partial charge in [0.25, 0.3) is 0 Å². The van der Waals surface area contributed by atoms with Crippen LogP contribution >= 0.6 is 15.9 Å². The Hall–Kier alpha value is -0.870. The van der Waals surface area contributed by atoms with Crippen LogP contribution in [0, 0.1) is 12.8 Å². The van der Waals surface area contributed by atoms with Gasteiger partial charge in [0.1, 0.15) is 0 Å². The maximum Gasteiger partial charge on any atom is 0.306 e. The summed E-state index contributed by atoms with van der Waals surface area (Å²) in [5.74, 6) is -0.792. The van der Waals surface area contributed by atoms with Gasteiger partial charge in [0.15, 0.2) is 0 Å². The lowest BCUT2D eigenvalue weighted by Crippen LogP contribution is -2.44. The number of hydrogen-bond acceptors (Lipinski definition) is 2. The first-order valence-corrected chi connectivity index (χ1v) is 6.94. The third kappa shape index (κ3) is 2.93. The Balaban J connectivity index is 1.94. The monoisotopic (exact) mass is 311 g/mol. The van der Waals surface area contributed by atoms with Crippen LogP contribution in [0.15, 0.2) is 22.7 Å². The highest BCUT2D eigenvalue weighted by Gasteiger charge is 2.36. The predicted octanol–water partition coefficient (Wildman–Crippen LogP) is 3.05. The molecule has 0 amide bonds. The summed E-state index contributed by atoms with van der Waals surface area (Å²) >= 11 is 3.49. The van der Waals surface area contributed by atoms with Crippen LogP contribution in [0.3, 0.4) is 0 Å². The van der Waals surface area contributed by atoms with Crippen molar-refractivity contribution in [2.45, 2.75) is 32.4 Å². The van der Waals surface area contributed by atoms with Crippen LogP contribution < -0.4 is 0 Å². The second-order valence-electron chi connectivity index (χ2n) is 5.15. The zero-order valence-electron chi connectivity index (χ0n) is 10.7. The molecule has 1 N–H and O–H groups in total. The van der Waals surface area contributed by atoms with Crippen LogP contribution in [0.25, 0.3) is 0 Å². The topological polar surface area (TPSA) is 40.5 Å². The molecule has 0 saturated heterocycles. The van der Waals surface area contributed by atoms with E-state index in [1.807, 2.05) is 6.07 Å². The Morgan fingerprint density at radius 2 is 2.17 bits per heavy atom. The molecule has 4 heteroatoms. The zero-order chi connectivity index (χ0) is 13.3. The van der Waals surface area contributed by atoms with Crippen molar-refractivity contribution >= 4 is 21.9 Å².